The van der Waals surface area contributed by atoms with Crippen molar-refractivity contribution in [3.63, 3.8) is 0 Å². The number of anilines is 1. The van der Waals surface area contributed by atoms with Crippen molar-refractivity contribution in [2.75, 3.05) is 18.4 Å². The summed E-state index contributed by atoms with van der Waals surface area (Å²) in [6.07, 6.45) is 2.54. The third-order valence-electron chi connectivity index (χ3n) is 4.98. The van der Waals surface area contributed by atoms with E-state index < -0.39 is 0 Å². The van der Waals surface area contributed by atoms with Gasteiger partial charge in [0.25, 0.3) is 5.91 Å². The second-order valence-electron chi connectivity index (χ2n) is 7.19. The Bertz CT molecular complexity index is 968. The first kappa shape index (κ1) is 19.5. The highest BCUT2D eigenvalue weighted by Gasteiger charge is 2.14. The summed E-state index contributed by atoms with van der Waals surface area (Å²) in [5.41, 5.74) is 2.35. The van der Waals surface area contributed by atoms with Crippen LogP contribution in [0.1, 0.15) is 28.8 Å². The quantitative estimate of drug-likeness (QED) is 0.547. The Kier molecular flexibility index (Phi) is 6.13. The van der Waals surface area contributed by atoms with E-state index in [2.05, 4.69) is 10.2 Å². The maximum Gasteiger partial charge on any atom is 0.255 e. The minimum absolute atomic E-state index is 0.196. The first-order chi connectivity index (χ1) is 14.2. The maximum atomic E-state index is 12.8. The van der Waals surface area contributed by atoms with Gasteiger partial charge in [-0.1, -0.05) is 41.9 Å². The van der Waals surface area contributed by atoms with Gasteiger partial charge < -0.3 is 10.1 Å². The normalized spacial score (nSPS) is 14.0. The van der Waals surface area contributed by atoms with E-state index in [-0.39, 0.29) is 5.91 Å². The van der Waals surface area contributed by atoms with Gasteiger partial charge in [0.2, 0.25) is 0 Å². The molecule has 1 heterocycles. The van der Waals surface area contributed by atoms with Crippen molar-refractivity contribution >= 4 is 23.2 Å². The first-order valence-corrected chi connectivity index (χ1v) is 10.2. The van der Waals surface area contributed by atoms with E-state index in [0.29, 0.717) is 27.8 Å². The lowest BCUT2D eigenvalue weighted by Gasteiger charge is -2.15. The molecule has 0 unspecified atom stereocenters. The van der Waals surface area contributed by atoms with Crippen LogP contribution in [0.25, 0.3) is 0 Å². The number of para-hydroxylation sites is 1. The molecule has 29 heavy (non-hydrogen) atoms. The summed E-state index contributed by atoms with van der Waals surface area (Å²) in [4.78, 5) is 15.2. The highest BCUT2D eigenvalue weighted by molar-refractivity contribution is 6.31. The Balaban J connectivity index is 1.46. The van der Waals surface area contributed by atoms with Crippen molar-refractivity contribution in [1.82, 2.24) is 4.90 Å². The number of benzene rings is 3. The van der Waals surface area contributed by atoms with Crippen LogP contribution in [0.4, 0.5) is 5.69 Å². The van der Waals surface area contributed by atoms with Gasteiger partial charge in [-0.25, -0.2) is 0 Å². The molecule has 3 aromatic carbocycles. The largest absolute Gasteiger partial charge is 0.455 e. The minimum Gasteiger partial charge on any atom is -0.455 e. The summed E-state index contributed by atoms with van der Waals surface area (Å²) in [6, 6.07) is 22.4. The van der Waals surface area contributed by atoms with E-state index in [9.17, 15) is 4.79 Å². The third-order valence-corrected chi connectivity index (χ3v) is 5.22. The number of hydrogen-bond donors (Lipinski definition) is 1. The zero-order chi connectivity index (χ0) is 20.1. The average molecular weight is 407 g/mol. The summed E-state index contributed by atoms with van der Waals surface area (Å²) < 4.78 is 5.92. The van der Waals surface area contributed by atoms with E-state index in [4.69, 9.17) is 16.3 Å². The van der Waals surface area contributed by atoms with Gasteiger partial charge in [0.15, 0.2) is 5.75 Å². The summed E-state index contributed by atoms with van der Waals surface area (Å²) in [7, 11) is 0. The number of hydrogen-bond acceptors (Lipinski definition) is 3. The van der Waals surface area contributed by atoms with E-state index in [0.717, 1.165) is 19.6 Å². The molecule has 148 valence electrons. The van der Waals surface area contributed by atoms with Crippen LogP contribution in [0.2, 0.25) is 5.02 Å². The van der Waals surface area contributed by atoms with Gasteiger partial charge >= 0.3 is 0 Å². The molecular formula is C24H23ClN2O2. The van der Waals surface area contributed by atoms with Crippen molar-refractivity contribution in [3.8, 4) is 11.5 Å². The van der Waals surface area contributed by atoms with Crippen LogP contribution in [0.3, 0.4) is 0 Å². The van der Waals surface area contributed by atoms with Gasteiger partial charge in [-0.05, 0) is 74.0 Å². The molecule has 0 atom stereocenters. The van der Waals surface area contributed by atoms with E-state index in [1.54, 1.807) is 18.2 Å². The number of carbonyl (C=O) groups is 1. The fourth-order valence-corrected chi connectivity index (χ4v) is 3.63. The van der Waals surface area contributed by atoms with Crippen LogP contribution in [-0.2, 0) is 6.54 Å². The Morgan fingerprint density at radius 2 is 1.69 bits per heavy atom. The first-order valence-electron chi connectivity index (χ1n) is 9.82. The fourth-order valence-electron chi connectivity index (χ4n) is 3.46. The van der Waals surface area contributed by atoms with Crippen molar-refractivity contribution in [2.24, 2.45) is 0 Å². The Morgan fingerprint density at radius 3 is 2.41 bits per heavy atom. The minimum atomic E-state index is -0.196. The summed E-state index contributed by atoms with van der Waals surface area (Å²) in [5, 5.41) is 3.45. The Morgan fingerprint density at radius 1 is 0.966 bits per heavy atom. The van der Waals surface area contributed by atoms with Crippen molar-refractivity contribution in [3.05, 3.63) is 88.9 Å². The number of amides is 1. The fraction of sp³-hybridized carbons (Fsp3) is 0.208. The molecule has 0 saturated carbocycles. The predicted octanol–water partition coefficient (Wildman–Crippen LogP) is 5.98. The molecule has 0 spiro atoms. The van der Waals surface area contributed by atoms with E-state index >= 15 is 0 Å². The molecule has 1 fully saturated rings. The molecule has 1 amide bonds. The van der Waals surface area contributed by atoms with Crippen LogP contribution in [0.15, 0.2) is 72.8 Å². The van der Waals surface area contributed by atoms with Gasteiger partial charge in [-0.3, -0.25) is 9.69 Å². The topological polar surface area (TPSA) is 41.6 Å². The Labute approximate surface area is 176 Å². The predicted molar refractivity (Wildman–Crippen MR) is 117 cm³/mol. The van der Waals surface area contributed by atoms with E-state index in [1.807, 2.05) is 54.6 Å². The SMILES string of the molecule is O=C(Nc1cc(Cl)ccc1Oc1ccccc1)c1ccc(CN2CCCC2)cc1. The molecule has 3 aromatic rings. The van der Waals surface area contributed by atoms with Crippen molar-refractivity contribution in [2.45, 2.75) is 19.4 Å². The summed E-state index contributed by atoms with van der Waals surface area (Å²) in [5.74, 6) is 1.04. The standard InChI is InChI=1S/C24H23ClN2O2/c25-20-12-13-23(29-21-6-2-1-3-7-21)22(16-20)26-24(28)19-10-8-18(9-11-19)17-27-14-4-5-15-27/h1-3,6-13,16H,4-5,14-15,17H2,(H,26,28). The molecule has 0 radical (unpaired) electrons. The number of likely N-dealkylation sites (tertiary alicyclic amines) is 1. The number of nitrogens with zero attached hydrogens (tertiary/aromatic N) is 1. The molecule has 0 aromatic heterocycles. The number of carbonyl (C=O) groups excluding carboxylic acids is 1. The van der Waals surface area contributed by atoms with E-state index in [1.165, 1.54) is 18.4 Å². The van der Waals surface area contributed by atoms with Gasteiger partial charge in [0, 0.05) is 17.1 Å². The zero-order valence-electron chi connectivity index (χ0n) is 16.1. The zero-order valence-corrected chi connectivity index (χ0v) is 16.9. The summed E-state index contributed by atoms with van der Waals surface area (Å²) >= 11 is 6.14. The average Bonchev–Trinajstić information content (AvgIpc) is 3.24. The molecule has 1 aliphatic rings. The van der Waals surface area contributed by atoms with Gasteiger partial charge in [-0.2, -0.15) is 0 Å². The Hall–Kier alpha value is -2.82. The van der Waals surface area contributed by atoms with Crippen LogP contribution in [0.5, 0.6) is 11.5 Å². The lowest BCUT2D eigenvalue weighted by atomic mass is 10.1. The molecule has 4 nitrogen and oxygen atoms in total. The molecule has 1 N–H and O–H groups in total. The van der Waals surface area contributed by atoms with Gasteiger partial charge in [0.1, 0.15) is 5.75 Å². The maximum absolute atomic E-state index is 12.8. The molecule has 0 aliphatic carbocycles. The lowest BCUT2D eigenvalue weighted by Crippen LogP contribution is -2.18. The molecule has 0 bridgehead atoms. The number of rotatable bonds is 6. The number of nitrogens with one attached hydrogen (secondary N) is 1. The molecule has 5 heteroatoms. The second kappa shape index (κ2) is 9.12. The molecule has 1 aliphatic heterocycles. The third kappa shape index (κ3) is 5.17. The van der Waals surface area contributed by atoms with Gasteiger partial charge in [-0.15, -0.1) is 0 Å². The highest BCUT2D eigenvalue weighted by atomic mass is 35.5. The highest BCUT2D eigenvalue weighted by Crippen LogP contribution is 2.32. The van der Waals surface area contributed by atoms with Crippen molar-refractivity contribution < 1.29 is 9.53 Å². The molecule has 1 saturated heterocycles. The summed E-state index contributed by atoms with van der Waals surface area (Å²) in [6.45, 7) is 3.24. The second-order valence-corrected chi connectivity index (χ2v) is 7.63. The van der Waals surface area contributed by atoms with Crippen LogP contribution in [0, 0.1) is 0 Å². The lowest BCUT2D eigenvalue weighted by molar-refractivity contribution is 0.102. The molecular weight excluding hydrogens is 384 g/mol. The van der Waals surface area contributed by atoms with Crippen LogP contribution in [-0.4, -0.2) is 23.9 Å². The van der Waals surface area contributed by atoms with Crippen LogP contribution >= 0.6 is 11.6 Å². The number of halogens is 1. The monoisotopic (exact) mass is 406 g/mol. The smallest absolute Gasteiger partial charge is 0.255 e. The van der Waals surface area contributed by atoms with Crippen LogP contribution < -0.4 is 10.1 Å². The molecule has 4 rings (SSSR count). The van der Waals surface area contributed by atoms with Gasteiger partial charge in [0.05, 0.1) is 5.69 Å². The number of ether oxygens (including phenoxy) is 1. The van der Waals surface area contributed by atoms with Crippen molar-refractivity contribution in [1.29, 1.82) is 0 Å².